The fourth-order valence-corrected chi connectivity index (χ4v) is 10.9. The third-order valence-electron chi connectivity index (χ3n) is 13.5. The Bertz CT molecular complexity index is 986. The molecular formula is C41H72N2O2. The van der Waals surface area contributed by atoms with Crippen molar-refractivity contribution in [2.45, 2.75) is 131 Å². The molecule has 0 spiro atoms. The largest absolute Gasteiger partial charge is 0.466 e. The highest BCUT2D eigenvalue weighted by Crippen LogP contribution is 2.67. The molecule has 0 aromatic carbocycles. The Morgan fingerprint density at radius 1 is 0.978 bits per heavy atom. The second-order valence-electron chi connectivity index (χ2n) is 17.1. The summed E-state index contributed by atoms with van der Waals surface area (Å²) in [5.74, 6) is 6.18. The number of rotatable bonds is 17. The van der Waals surface area contributed by atoms with Crippen LogP contribution >= 0.6 is 0 Å². The molecule has 0 aliphatic heterocycles. The van der Waals surface area contributed by atoms with Gasteiger partial charge in [-0.25, -0.2) is 0 Å². The van der Waals surface area contributed by atoms with Crippen LogP contribution in [-0.2, 0) is 9.53 Å². The number of esters is 1. The van der Waals surface area contributed by atoms with Gasteiger partial charge in [0.1, 0.15) is 0 Å². The molecule has 4 aliphatic rings. The van der Waals surface area contributed by atoms with E-state index < -0.39 is 0 Å². The van der Waals surface area contributed by atoms with Gasteiger partial charge in [-0.2, -0.15) is 0 Å². The Labute approximate surface area is 279 Å². The molecule has 4 nitrogen and oxygen atoms in total. The molecule has 0 saturated heterocycles. The molecule has 0 radical (unpaired) electrons. The maximum atomic E-state index is 11.8. The number of allylic oxidation sites excluding steroid dienone is 2. The zero-order valence-corrected chi connectivity index (χ0v) is 30.9. The molecule has 3 fully saturated rings. The first-order valence-corrected chi connectivity index (χ1v) is 19.3. The molecule has 3 unspecified atom stereocenters. The van der Waals surface area contributed by atoms with Crippen LogP contribution in [0.15, 0.2) is 23.8 Å². The van der Waals surface area contributed by atoms with Crippen molar-refractivity contribution < 1.29 is 9.53 Å². The van der Waals surface area contributed by atoms with Gasteiger partial charge in [0, 0.05) is 6.54 Å². The van der Waals surface area contributed by atoms with E-state index in [2.05, 4.69) is 70.7 Å². The predicted molar refractivity (Wildman–Crippen MR) is 191 cm³/mol. The maximum absolute atomic E-state index is 11.8. The lowest BCUT2D eigenvalue weighted by Crippen LogP contribution is -2.50. The van der Waals surface area contributed by atoms with Gasteiger partial charge < -0.3 is 9.64 Å². The van der Waals surface area contributed by atoms with E-state index >= 15 is 0 Å². The lowest BCUT2D eigenvalue weighted by molar-refractivity contribution is -0.142. The van der Waals surface area contributed by atoms with Crippen molar-refractivity contribution in [1.82, 2.24) is 9.80 Å². The molecule has 4 heteroatoms. The number of nitrogens with zero attached hydrogens (tertiary/aromatic N) is 2. The zero-order valence-electron chi connectivity index (χ0n) is 30.9. The number of carbonyl (C=O) groups is 1. The molecular weight excluding hydrogens is 552 g/mol. The highest BCUT2D eigenvalue weighted by molar-refractivity contribution is 5.71. The summed E-state index contributed by atoms with van der Waals surface area (Å²) in [7, 11) is 4.33. The van der Waals surface area contributed by atoms with Crippen molar-refractivity contribution in [3.05, 3.63) is 23.8 Å². The minimum absolute atomic E-state index is 0.122. The maximum Gasteiger partial charge on any atom is 0.309 e. The van der Waals surface area contributed by atoms with Crippen molar-refractivity contribution in [3.8, 4) is 0 Å². The van der Waals surface area contributed by atoms with Gasteiger partial charge in [-0.1, -0.05) is 77.7 Å². The minimum Gasteiger partial charge on any atom is -0.466 e. The van der Waals surface area contributed by atoms with E-state index in [1.165, 1.54) is 83.5 Å². The van der Waals surface area contributed by atoms with Gasteiger partial charge in [-0.3, -0.25) is 9.69 Å². The summed E-state index contributed by atoms with van der Waals surface area (Å²) in [6, 6.07) is 0. The predicted octanol–water partition coefficient (Wildman–Crippen LogP) is 9.80. The first kappa shape index (κ1) is 36.7. The number of ether oxygens (including phenoxy) is 1. The summed E-state index contributed by atoms with van der Waals surface area (Å²) in [5, 5.41) is 0. The summed E-state index contributed by atoms with van der Waals surface area (Å²) < 4.78 is 5.10. The van der Waals surface area contributed by atoms with E-state index in [1.54, 1.807) is 0 Å². The van der Waals surface area contributed by atoms with Gasteiger partial charge in [0.15, 0.2) is 0 Å². The summed E-state index contributed by atoms with van der Waals surface area (Å²) in [5.41, 5.74) is 2.87. The van der Waals surface area contributed by atoms with Crippen molar-refractivity contribution in [2.24, 2.45) is 52.3 Å². The molecule has 0 amide bonds. The molecule has 0 aromatic rings. The molecule has 0 aromatic heterocycles. The Kier molecular flexibility index (Phi) is 13.7. The van der Waals surface area contributed by atoms with E-state index in [0.717, 1.165) is 67.6 Å². The van der Waals surface area contributed by atoms with E-state index in [9.17, 15) is 4.79 Å². The van der Waals surface area contributed by atoms with Gasteiger partial charge in [0.05, 0.1) is 13.0 Å². The highest BCUT2D eigenvalue weighted by Gasteiger charge is 2.59. The molecule has 0 heterocycles. The second kappa shape index (κ2) is 16.8. The van der Waals surface area contributed by atoms with Crippen molar-refractivity contribution in [3.63, 3.8) is 0 Å². The fraction of sp³-hybridized carbons (Fsp3) is 0.878. The Morgan fingerprint density at radius 3 is 2.51 bits per heavy atom. The van der Waals surface area contributed by atoms with E-state index in [0.29, 0.717) is 23.9 Å². The third kappa shape index (κ3) is 9.27. The molecule has 3 saturated carbocycles. The molecule has 45 heavy (non-hydrogen) atoms. The molecule has 4 aliphatic carbocycles. The first-order chi connectivity index (χ1) is 21.5. The lowest BCUT2D eigenvalue weighted by Gasteiger charge is -2.58. The Morgan fingerprint density at radius 2 is 1.78 bits per heavy atom. The topological polar surface area (TPSA) is 32.8 Å². The van der Waals surface area contributed by atoms with Gasteiger partial charge >= 0.3 is 5.97 Å². The number of carbonyl (C=O) groups excluding carboxylic acids is 1. The van der Waals surface area contributed by atoms with Gasteiger partial charge in [-0.15, -0.1) is 0 Å². The van der Waals surface area contributed by atoms with Crippen LogP contribution in [0, 0.1) is 52.3 Å². The SMILES string of the molecule is CCOC(=O)CC=CCN(CCCN(C)C)CC[C@H]1CC[C@@]2(C)C(=CCC3C2CC[C@@]2(C)C3CC[C@@H]2[C@H](C)CCCC(C)C)C1. The zero-order chi connectivity index (χ0) is 32.6. The first-order valence-electron chi connectivity index (χ1n) is 19.3. The molecule has 0 N–H and O–H groups in total. The summed E-state index contributed by atoms with van der Waals surface area (Å²) in [6.07, 6.45) is 25.6. The third-order valence-corrected chi connectivity index (χ3v) is 13.5. The molecule has 0 bridgehead atoms. The van der Waals surface area contributed by atoms with E-state index in [-0.39, 0.29) is 5.97 Å². The summed E-state index contributed by atoms with van der Waals surface area (Å²) >= 11 is 0. The number of fused-ring (bicyclic) bond motifs is 5. The average molecular weight is 625 g/mol. The molecule has 4 rings (SSSR count). The quantitative estimate of drug-likeness (QED) is 0.119. The average Bonchev–Trinajstić information content (AvgIpc) is 3.34. The van der Waals surface area contributed by atoms with Crippen LogP contribution < -0.4 is 0 Å². The van der Waals surface area contributed by atoms with Crippen LogP contribution in [0.5, 0.6) is 0 Å². The molecule has 8 atom stereocenters. The standard InChI is InChI=1S/C41H72N2O2/c1-9-45-39(44)16-10-11-27-43(28-13-26-42(7)8)29-23-33-21-24-40(5)34(30-33)17-18-35-37-20-19-36(32(4)15-12-14-31(2)3)41(37,6)25-22-38(35)40/h10-11,17,31-33,35-38H,9,12-16,18-30H2,1-8H3/t32-,33-,35?,36-,37?,38?,40+,41-/m1/s1. The normalized spacial score (nSPS) is 33.8. The highest BCUT2D eigenvalue weighted by atomic mass is 16.5. The smallest absolute Gasteiger partial charge is 0.309 e. The van der Waals surface area contributed by atoms with Gasteiger partial charge in [-0.05, 0) is 157 Å². The minimum atomic E-state index is -0.122. The fourth-order valence-electron chi connectivity index (χ4n) is 10.9. The van der Waals surface area contributed by atoms with Crippen molar-refractivity contribution >= 4 is 5.97 Å². The van der Waals surface area contributed by atoms with Gasteiger partial charge in [0.25, 0.3) is 0 Å². The van der Waals surface area contributed by atoms with Crippen LogP contribution in [-0.4, -0.2) is 62.7 Å². The van der Waals surface area contributed by atoms with Gasteiger partial charge in [0.2, 0.25) is 0 Å². The van der Waals surface area contributed by atoms with Crippen molar-refractivity contribution in [1.29, 1.82) is 0 Å². The van der Waals surface area contributed by atoms with Crippen LogP contribution in [0.2, 0.25) is 0 Å². The Hall–Kier alpha value is -1.13. The van der Waals surface area contributed by atoms with Crippen LogP contribution in [0.3, 0.4) is 0 Å². The van der Waals surface area contributed by atoms with Crippen LogP contribution in [0.1, 0.15) is 131 Å². The monoisotopic (exact) mass is 625 g/mol. The Balaban J connectivity index is 1.33. The lowest BCUT2D eigenvalue weighted by atomic mass is 9.46. The van der Waals surface area contributed by atoms with Crippen LogP contribution in [0.4, 0.5) is 0 Å². The van der Waals surface area contributed by atoms with Crippen molar-refractivity contribution in [2.75, 3.05) is 46.9 Å². The molecule has 258 valence electrons. The van der Waals surface area contributed by atoms with Crippen LogP contribution in [0.25, 0.3) is 0 Å². The summed E-state index contributed by atoms with van der Waals surface area (Å²) in [6.45, 7) is 19.5. The number of hydrogen-bond donors (Lipinski definition) is 0. The van der Waals surface area contributed by atoms with E-state index in [1.807, 2.05) is 18.6 Å². The van der Waals surface area contributed by atoms with E-state index in [4.69, 9.17) is 4.74 Å². The number of hydrogen-bond acceptors (Lipinski definition) is 4. The summed E-state index contributed by atoms with van der Waals surface area (Å²) in [4.78, 5) is 16.7. The second-order valence-corrected chi connectivity index (χ2v) is 17.1.